The Morgan fingerprint density at radius 2 is 1.83 bits per heavy atom. The molecule has 1 fully saturated rings. The molecule has 0 bridgehead atoms. The zero-order chi connectivity index (χ0) is 25.6. The third-order valence-electron chi connectivity index (χ3n) is 7.39. The number of ether oxygens (including phenoxy) is 3. The monoisotopic (exact) mass is 497 g/mol. The molecule has 1 saturated heterocycles. The number of fused-ring (bicyclic) bond motifs is 1. The van der Waals surface area contributed by atoms with Crippen LogP contribution in [0, 0.1) is 0 Å². The summed E-state index contributed by atoms with van der Waals surface area (Å²) in [5.41, 5.74) is 3.11. The number of hydrogen-bond donors (Lipinski definition) is 0. The number of hydrogen-bond acceptors (Lipinski definition) is 5. The molecule has 0 saturated carbocycles. The maximum atomic E-state index is 12.7. The summed E-state index contributed by atoms with van der Waals surface area (Å²) in [5.74, 6) is 1.10. The van der Waals surface area contributed by atoms with Gasteiger partial charge in [-0.15, -0.1) is 0 Å². The fraction of sp³-hybridized carbons (Fsp3) is 0.536. The Balaban J connectivity index is 1.38. The highest BCUT2D eigenvalue weighted by Gasteiger charge is 2.39. The Morgan fingerprint density at radius 1 is 1.14 bits per heavy atom. The Bertz CT molecular complexity index is 1070. The number of benzene rings is 2. The van der Waals surface area contributed by atoms with Crippen LogP contribution in [-0.2, 0) is 22.5 Å². The second-order valence-electron chi connectivity index (χ2n) is 11.7. The van der Waals surface area contributed by atoms with Gasteiger partial charge in [-0.25, -0.2) is 4.79 Å². The van der Waals surface area contributed by atoms with E-state index in [4.69, 9.17) is 18.6 Å². The van der Waals surface area contributed by atoms with E-state index in [1.807, 2.05) is 49.1 Å². The smallest absolute Gasteiger partial charge is 0.410 e. The molecule has 2 atom stereocenters. The van der Waals surface area contributed by atoms with Gasteiger partial charge in [-0.2, -0.15) is 0 Å². The fourth-order valence-corrected chi connectivity index (χ4v) is 5.20. The lowest BCUT2D eigenvalue weighted by Crippen LogP contribution is -2.43. The summed E-state index contributed by atoms with van der Waals surface area (Å²) in [4.78, 5) is 14.5. The summed E-state index contributed by atoms with van der Waals surface area (Å²) < 4.78 is 23.8. The average Bonchev–Trinajstić information content (AvgIpc) is 3.15. The summed E-state index contributed by atoms with van der Waals surface area (Å²) in [6.07, 6.45) is 0.181. The normalized spacial score (nSPS) is 20.6. The van der Waals surface area contributed by atoms with Crippen molar-refractivity contribution in [3.05, 3.63) is 59.2 Å². The van der Waals surface area contributed by atoms with E-state index < -0.39 is 14.1 Å². The number of cyclic esters (lactones) is 1. The molecule has 6 nitrogen and oxygen atoms in total. The predicted octanol–water partition coefficient (Wildman–Crippen LogP) is 6.84. The molecule has 1 amide bonds. The first-order valence-electron chi connectivity index (χ1n) is 12.5. The fourth-order valence-electron chi connectivity index (χ4n) is 4.16. The van der Waals surface area contributed by atoms with Crippen molar-refractivity contribution in [3.8, 4) is 11.5 Å². The molecule has 0 radical (unpaired) electrons. The van der Waals surface area contributed by atoms with E-state index in [-0.39, 0.29) is 23.3 Å². The van der Waals surface area contributed by atoms with Crippen molar-refractivity contribution in [3.63, 3.8) is 0 Å². The lowest BCUT2D eigenvalue weighted by molar-refractivity contribution is -0.180. The molecule has 0 spiro atoms. The Hall–Kier alpha value is -2.51. The Kier molecular flexibility index (Phi) is 6.70. The summed E-state index contributed by atoms with van der Waals surface area (Å²) in [6, 6.07) is 14.3. The van der Waals surface area contributed by atoms with Gasteiger partial charge in [0.05, 0.1) is 13.2 Å². The van der Waals surface area contributed by atoms with Crippen LogP contribution in [0.3, 0.4) is 0 Å². The number of rotatable bonds is 6. The standard InChI is InChI=1S/C28H39NO5Si/c1-19(15-20-9-12-23(13-10-20)34-35(7,8)27(2,3)4)29-17-25(32-26(29)30)21-11-14-24-22(16-21)18-31-28(5,6)33-24/h9-14,16,19,25H,15,17-18H2,1-8H3/t19-,25-/m0/s1. The molecule has 2 aliphatic heterocycles. The van der Waals surface area contributed by atoms with Crippen LogP contribution in [0.2, 0.25) is 18.1 Å². The molecule has 0 N–H and O–H groups in total. The van der Waals surface area contributed by atoms with Crippen molar-refractivity contribution in [1.82, 2.24) is 4.90 Å². The predicted molar refractivity (Wildman–Crippen MR) is 139 cm³/mol. The van der Waals surface area contributed by atoms with Gasteiger partial charge in [0.15, 0.2) is 0 Å². The van der Waals surface area contributed by atoms with Gasteiger partial charge in [0, 0.05) is 25.5 Å². The van der Waals surface area contributed by atoms with E-state index in [1.54, 1.807) is 0 Å². The van der Waals surface area contributed by atoms with Gasteiger partial charge in [-0.05, 0) is 66.9 Å². The molecule has 2 aliphatic rings. The first-order valence-corrected chi connectivity index (χ1v) is 15.4. The molecule has 0 unspecified atom stereocenters. The van der Waals surface area contributed by atoms with Gasteiger partial charge in [0.25, 0.3) is 0 Å². The van der Waals surface area contributed by atoms with Crippen molar-refractivity contribution < 1.29 is 23.4 Å². The minimum absolute atomic E-state index is 0.0183. The van der Waals surface area contributed by atoms with Crippen molar-refractivity contribution in [2.45, 2.75) is 90.6 Å². The molecule has 2 heterocycles. The van der Waals surface area contributed by atoms with Crippen LogP contribution >= 0.6 is 0 Å². The highest BCUT2D eigenvalue weighted by Crippen LogP contribution is 2.38. The van der Waals surface area contributed by atoms with Gasteiger partial charge in [-0.3, -0.25) is 0 Å². The number of nitrogens with zero attached hydrogens (tertiary/aromatic N) is 1. The molecule has 0 aliphatic carbocycles. The lowest BCUT2D eigenvalue weighted by Gasteiger charge is -2.36. The second-order valence-corrected chi connectivity index (χ2v) is 16.5. The van der Waals surface area contributed by atoms with Crippen LogP contribution in [0.5, 0.6) is 11.5 Å². The van der Waals surface area contributed by atoms with Crippen LogP contribution in [0.1, 0.15) is 64.3 Å². The van der Waals surface area contributed by atoms with Gasteiger partial charge in [0.1, 0.15) is 17.6 Å². The highest BCUT2D eigenvalue weighted by atomic mass is 28.4. The maximum Gasteiger partial charge on any atom is 0.410 e. The molecule has 35 heavy (non-hydrogen) atoms. The van der Waals surface area contributed by atoms with Crippen molar-refractivity contribution in [2.24, 2.45) is 0 Å². The molecule has 190 valence electrons. The SMILES string of the molecule is C[C@@H](Cc1ccc(O[Si](C)(C)C(C)(C)C)cc1)N1C[C@@H](c2ccc3c(c2)COC(C)(C)O3)OC1=O. The number of carbonyl (C=O) groups is 1. The van der Waals surface area contributed by atoms with Crippen LogP contribution in [0.4, 0.5) is 4.79 Å². The Labute approximate surface area is 210 Å². The van der Waals surface area contributed by atoms with Crippen LogP contribution < -0.4 is 9.16 Å². The molecular weight excluding hydrogens is 458 g/mol. The summed E-state index contributed by atoms with van der Waals surface area (Å²) in [5, 5.41) is 0.154. The zero-order valence-electron chi connectivity index (χ0n) is 22.3. The quantitative estimate of drug-likeness (QED) is 0.409. The average molecular weight is 498 g/mol. The molecule has 2 aromatic rings. The summed E-state index contributed by atoms with van der Waals surface area (Å²) in [6.45, 7) is 18.1. The molecular formula is C28H39NO5Si. The molecule has 2 aromatic carbocycles. The first-order chi connectivity index (χ1) is 16.2. The van der Waals surface area contributed by atoms with Crippen LogP contribution in [0.25, 0.3) is 0 Å². The third-order valence-corrected chi connectivity index (χ3v) is 11.8. The lowest BCUT2D eigenvalue weighted by atomic mass is 10.0. The zero-order valence-corrected chi connectivity index (χ0v) is 23.3. The van der Waals surface area contributed by atoms with Gasteiger partial charge >= 0.3 is 6.09 Å². The van der Waals surface area contributed by atoms with Crippen molar-refractivity contribution in [1.29, 1.82) is 0 Å². The van der Waals surface area contributed by atoms with Crippen LogP contribution in [0.15, 0.2) is 42.5 Å². The molecule has 0 aromatic heterocycles. The van der Waals surface area contributed by atoms with Gasteiger partial charge < -0.3 is 23.5 Å². The van der Waals surface area contributed by atoms with Gasteiger partial charge in [-0.1, -0.05) is 39.0 Å². The summed E-state index contributed by atoms with van der Waals surface area (Å²) in [7, 11) is -1.87. The second kappa shape index (κ2) is 9.17. The summed E-state index contributed by atoms with van der Waals surface area (Å²) >= 11 is 0. The van der Waals surface area contributed by atoms with Crippen molar-refractivity contribution >= 4 is 14.4 Å². The topological polar surface area (TPSA) is 57.2 Å². The minimum Gasteiger partial charge on any atom is -0.544 e. The van der Waals surface area contributed by atoms with Crippen LogP contribution in [-0.4, -0.2) is 37.7 Å². The van der Waals surface area contributed by atoms with Gasteiger partial charge in [0.2, 0.25) is 14.1 Å². The number of carbonyl (C=O) groups excluding carboxylic acids is 1. The van der Waals surface area contributed by atoms with Crippen molar-refractivity contribution in [2.75, 3.05) is 6.54 Å². The maximum absolute atomic E-state index is 12.7. The van der Waals surface area contributed by atoms with E-state index >= 15 is 0 Å². The minimum atomic E-state index is -1.87. The first kappa shape index (κ1) is 25.6. The number of amides is 1. The van der Waals surface area contributed by atoms with E-state index in [0.717, 1.165) is 29.0 Å². The molecule has 7 heteroatoms. The third kappa shape index (κ3) is 5.67. The van der Waals surface area contributed by atoms with E-state index in [2.05, 4.69) is 52.9 Å². The van der Waals surface area contributed by atoms with E-state index in [0.29, 0.717) is 13.2 Å². The van der Waals surface area contributed by atoms with E-state index in [1.165, 1.54) is 5.56 Å². The molecule has 4 rings (SSSR count). The highest BCUT2D eigenvalue weighted by molar-refractivity contribution is 6.74. The largest absolute Gasteiger partial charge is 0.544 e. The van der Waals surface area contributed by atoms with E-state index in [9.17, 15) is 4.79 Å². The Morgan fingerprint density at radius 3 is 2.49 bits per heavy atom.